The molecule has 7 nitrogen and oxygen atoms in total. The van der Waals surface area contributed by atoms with Crippen molar-refractivity contribution in [2.45, 2.75) is 64.0 Å². The van der Waals surface area contributed by atoms with Crippen LogP contribution >= 0.6 is 0 Å². The van der Waals surface area contributed by atoms with Crippen molar-refractivity contribution in [2.24, 2.45) is 0 Å². The Labute approximate surface area is 199 Å². The number of ether oxygens (including phenoxy) is 2. The highest BCUT2D eigenvalue weighted by molar-refractivity contribution is 5.72. The van der Waals surface area contributed by atoms with Crippen molar-refractivity contribution in [3.8, 4) is 0 Å². The lowest BCUT2D eigenvalue weighted by Crippen LogP contribution is -2.50. The summed E-state index contributed by atoms with van der Waals surface area (Å²) in [6.07, 6.45) is 20.7. The first kappa shape index (κ1) is 30.8. The zero-order valence-electron chi connectivity index (χ0n) is 20.8. The van der Waals surface area contributed by atoms with Crippen molar-refractivity contribution in [1.82, 2.24) is 0 Å². The molecule has 188 valence electrons. The number of unbranched alkanes of at least 4 members (excludes halogenated alkanes) is 3. The maximum atomic E-state index is 11.8. The summed E-state index contributed by atoms with van der Waals surface area (Å²) in [4.78, 5) is 23.1. The molecule has 0 aromatic rings. The highest BCUT2D eigenvalue weighted by atomic mass is 16.5. The fourth-order valence-corrected chi connectivity index (χ4v) is 2.92. The number of hydrogen-bond acceptors (Lipinski definition) is 5. The molecular weight excluding hydrogens is 422 g/mol. The SMILES string of the molecule is CC/C=C/C=C/C=C/C=C/CCCCCC(=O)OCC(O)COCCC(C(=O)O)[N+](C)(C)C. The maximum absolute atomic E-state index is 11.8. The number of carbonyl (C=O) groups is 2. The van der Waals surface area contributed by atoms with E-state index in [1.54, 1.807) is 0 Å². The zero-order valence-corrected chi connectivity index (χ0v) is 20.8. The second kappa shape index (κ2) is 19.3. The molecule has 0 heterocycles. The van der Waals surface area contributed by atoms with Gasteiger partial charge in [-0.1, -0.05) is 62.0 Å². The first-order chi connectivity index (χ1) is 15.7. The number of rotatable bonds is 19. The summed E-state index contributed by atoms with van der Waals surface area (Å²) >= 11 is 0. The molecule has 0 fully saturated rings. The van der Waals surface area contributed by atoms with Crippen molar-refractivity contribution in [3.63, 3.8) is 0 Å². The summed E-state index contributed by atoms with van der Waals surface area (Å²) in [5.41, 5.74) is 0. The fourth-order valence-electron chi connectivity index (χ4n) is 2.92. The van der Waals surface area contributed by atoms with Crippen molar-refractivity contribution in [2.75, 3.05) is 41.0 Å². The third-order valence-electron chi connectivity index (χ3n) is 4.82. The van der Waals surface area contributed by atoms with Crippen LogP contribution in [0.4, 0.5) is 0 Å². The second-order valence-corrected chi connectivity index (χ2v) is 8.80. The first-order valence-corrected chi connectivity index (χ1v) is 11.8. The molecular formula is C26H44NO6+. The van der Waals surface area contributed by atoms with Gasteiger partial charge in [0.25, 0.3) is 0 Å². The molecule has 2 atom stereocenters. The molecule has 0 amide bonds. The monoisotopic (exact) mass is 466 g/mol. The van der Waals surface area contributed by atoms with E-state index in [9.17, 15) is 19.8 Å². The average Bonchev–Trinajstić information content (AvgIpc) is 2.74. The van der Waals surface area contributed by atoms with Crippen LogP contribution < -0.4 is 0 Å². The lowest BCUT2D eigenvalue weighted by Gasteiger charge is -2.31. The Hall–Kier alpha value is -2.22. The van der Waals surface area contributed by atoms with Crippen molar-refractivity contribution < 1.29 is 33.8 Å². The van der Waals surface area contributed by atoms with Crippen LogP contribution in [0.1, 0.15) is 51.9 Å². The van der Waals surface area contributed by atoms with E-state index in [-0.39, 0.29) is 25.8 Å². The van der Waals surface area contributed by atoms with Crippen LogP contribution in [0, 0.1) is 0 Å². The minimum atomic E-state index is -0.919. The number of esters is 1. The van der Waals surface area contributed by atoms with Crippen LogP contribution in [-0.2, 0) is 19.1 Å². The second-order valence-electron chi connectivity index (χ2n) is 8.80. The van der Waals surface area contributed by atoms with E-state index in [1.165, 1.54) is 0 Å². The maximum Gasteiger partial charge on any atom is 0.362 e. The van der Waals surface area contributed by atoms with Gasteiger partial charge < -0.3 is 24.2 Å². The van der Waals surface area contributed by atoms with E-state index < -0.39 is 18.1 Å². The van der Waals surface area contributed by atoms with Gasteiger partial charge in [-0.2, -0.15) is 0 Å². The molecule has 7 heteroatoms. The Morgan fingerprint density at radius 1 is 0.909 bits per heavy atom. The van der Waals surface area contributed by atoms with Gasteiger partial charge in [0.15, 0.2) is 6.04 Å². The van der Waals surface area contributed by atoms with Gasteiger partial charge in [-0.3, -0.25) is 4.79 Å². The number of aliphatic hydroxyl groups excluding tert-OH is 1. The smallest absolute Gasteiger partial charge is 0.362 e. The summed E-state index contributed by atoms with van der Waals surface area (Å²) < 4.78 is 10.7. The van der Waals surface area contributed by atoms with Gasteiger partial charge in [0.05, 0.1) is 34.4 Å². The number of hydrogen-bond donors (Lipinski definition) is 2. The van der Waals surface area contributed by atoms with Gasteiger partial charge in [-0.25, -0.2) is 4.79 Å². The Kier molecular flexibility index (Phi) is 18.0. The van der Waals surface area contributed by atoms with E-state index in [4.69, 9.17) is 9.47 Å². The van der Waals surface area contributed by atoms with Crippen LogP contribution in [0.25, 0.3) is 0 Å². The number of carboxylic acids is 1. The van der Waals surface area contributed by atoms with E-state index in [1.807, 2.05) is 57.6 Å². The predicted molar refractivity (Wildman–Crippen MR) is 132 cm³/mol. The number of carboxylic acid groups (broad SMARTS) is 1. The molecule has 0 saturated carbocycles. The minimum Gasteiger partial charge on any atom is -0.477 e. The molecule has 33 heavy (non-hydrogen) atoms. The largest absolute Gasteiger partial charge is 0.477 e. The zero-order chi connectivity index (χ0) is 25.0. The Bertz CT molecular complexity index is 646. The van der Waals surface area contributed by atoms with E-state index >= 15 is 0 Å². The van der Waals surface area contributed by atoms with Crippen LogP contribution in [0.15, 0.2) is 48.6 Å². The van der Waals surface area contributed by atoms with Gasteiger partial charge in [0.1, 0.15) is 12.7 Å². The number of quaternary nitrogens is 1. The van der Waals surface area contributed by atoms with Gasteiger partial charge in [-0.15, -0.1) is 0 Å². The van der Waals surface area contributed by atoms with Crippen LogP contribution in [0.2, 0.25) is 0 Å². The minimum absolute atomic E-state index is 0.00275. The van der Waals surface area contributed by atoms with Gasteiger partial charge >= 0.3 is 11.9 Å². The summed E-state index contributed by atoms with van der Waals surface area (Å²) in [5, 5.41) is 19.1. The topological polar surface area (TPSA) is 93.1 Å². The molecule has 0 aliphatic rings. The molecule has 0 saturated heterocycles. The molecule has 0 rings (SSSR count). The molecule has 0 aliphatic heterocycles. The molecule has 0 radical (unpaired) electrons. The van der Waals surface area contributed by atoms with Gasteiger partial charge in [0, 0.05) is 12.8 Å². The third-order valence-corrected chi connectivity index (χ3v) is 4.82. The number of allylic oxidation sites excluding steroid dienone is 8. The highest BCUT2D eigenvalue weighted by Gasteiger charge is 2.30. The standard InChI is InChI=1S/C26H43NO6/c1-5-6-7-8-9-10-11-12-13-14-15-16-17-18-25(29)33-22-23(28)21-32-20-19-24(26(30)31)27(2,3)4/h6-13,23-24,28H,5,14-22H2,1-4H3/p+1/b7-6+,9-8+,11-10+,13-12+. The molecule has 2 N–H and O–H groups in total. The molecule has 0 bridgehead atoms. The van der Waals surface area contributed by atoms with E-state index in [0.29, 0.717) is 17.3 Å². The van der Waals surface area contributed by atoms with Crippen LogP contribution in [0.5, 0.6) is 0 Å². The summed E-state index contributed by atoms with van der Waals surface area (Å²) in [5.74, 6) is -1.20. The normalized spacial score (nSPS) is 14.6. The summed E-state index contributed by atoms with van der Waals surface area (Å²) in [6, 6.07) is -0.581. The Morgan fingerprint density at radius 3 is 2.15 bits per heavy atom. The van der Waals surface area contributed by atoms with Crippen LogP contribution in [0.3, 0.4) is 0 Å². The Morgan fingerprint density at radius 2 is 1.55 bits per heavy atom. The quantitative estimate of drug-likeness (QED) is 0.129. The van der Waals surface area contributed by atoms with Crippen molar-refractivity contribution >= 4 is 11.9 Å². The average molecular weight is 467 g/mol. The van der Waals surface area contributed by atoms with E-state index in [2.05, 4.69) is 19.1 Å². The number of aliphatic carboxylic acids is 1. The lowest BCUT2D eigenvalue weighted by atomic mass is 10.1. The Balaban J connectivity index is 3.76. The molecule has 0 aromatic carbocycles. The van der Waals surface area contributed by atoms with Gasteiger partial charge in [0.2, 0.25) is 0 Å². The summed E-state index contributed by atoms with van der Waals surface area (Å²) in [7, 11) is 5.44. The molecule has 2 unspecified atom stereocenters. The van der Waals surface area contributed by atoms with Crippen molar-refractivity contribution in [3.05, 3.63) is 48.6 Å². The van der Waals surface area contributed by atoms with Crippen LogP contribution in [-0.4, -0.2) is 79.7 Å². The summed E-state index contributed by atoms with van der Waals surface area (Å²) in [6.45, 7) is 2.20. The number of likely N-dealkylation sites (N-methyl/N-ethyl adjacent to an activating group) is 1. The number of carbonyl (C=O) groups excluding carboxylic acids is 1. The molecule has 0 spiro atoms. The fraction of sp³-hybridized carbons (Fsp3) is 0.615. The molecule has 0 aliphatic carbocycles. The lowest BCUT2D eigenvalue weighted by molar-refractivity contribution is -0.887. The van der Waals surface area contributed by atoms with E-state index in [0.717, 1.165) is 32.1 Å². The number of nitrogens with zero attached hydrogens (tertiary/aromatic N) is 1. The van der Waals surface area contributed by atoms with Gasteiger partial charge in [-0.05, 0) is 25.7 Å². The molecule has 0 aromatic heterocycles. The highest BCUT2D eigenvalue weighted by Crippen LogP contribution is 2.09. The van der Waals surface area contributed by atoms with Crippen molar-refractivity contribution in [1.29, 1.82) is 0 Å². The predicted octanol–water partition coefficient (Wildman–Crippen LogP) is 4.04. The third kappa shape index (κ3) is 19.0. The number of aliphatic hydroxyl groups is 1. The first-order valence-electron chi connectivity index (χ1n) is 11.8.